The molecule has 0 bridgehead atoms. The molecule has 0 radical (unpaired) electrons. The molecule has 0 aliphatic rings. The molecule has 196 valence electrons. The lowest BCUT2D eigenvalue weighted by molar-refractivity contribution is -0.415. The van der Waals surface area contributed by atoms with Crippen LogP contribution in [0.5, 0.6) is 0 Å². The molecule has 0 aliphatic heterocycles. The summed E-state index contributed by atoms with van der Waals surface area (Å²) in [5, 5.41) is -14.2. The summed E-state index contributed by atoms with van der Waals surface area (Å²) < 4.78 is 269. The first-order valence-electron chi connectivity index (χ1n) is 6.09. The van der Waals surface area contributed by atoms with E-state index in [0.29, 0.717) is 0 Å². The van der Waals surface area contributed by atoms with Gasteiger partial charge in [0.15, 0.2) is 0 Å². The number of hydrogen-bond donors (Lipinski definition) is 1. The minimum atomic E-state index is -13.4. The SMILES string of the molecule is O=S(=O)(O)/C(F)=C(\F)C(F)(F)C(F)(F)C(F)(F)C(F)(F)C(F)(F)C(F)(F)S(F)(F)(F)(F)F. The van der Waals surface area contributed by atoms with Gasteiger partial charge in [-0.25, -0.2) is 4.39 Å². The molecule has 3 nitrogen and oxygen atoms in total. The number of allylic oxidation sites excluding steroid dienone is 1. The third-order valence-corrected chi connectivity index (χ3v) is 4.96. The first-order chi connectivity index (χ1) is 13.1. The Kier molecular flexibility index (Phi) is 6.15. The van der Waals surface area contributed by atoms with Gasteiger partial charge in [-0.05, 0) is 0 Å². The van der Waals surface area contributed by atoms with Crippen LogP contribution in [0.2, 0.25) is 0 Å². The van der Waals surface area contributed by atoms with Gasteiger partial charge in [-0.3, -0.25) is 4.55 Å². The zero-order valence-corrected chi connectivity index (χ0v) is 14.9. The van der Waals surface area contributed by atoms with Crippen LogP contribution in [0.4, 0.5) is 80.9 Å². The molecule has 32 heavy (non-hydrogen) atoms. The fraction of sp³-hybridized carbons (Fsp3) is 0.750. The van der Waals surface area contributed by atoms with Crippen molar-refractivity contribution in [2.45, 2.75) is 34.9 Å². The highest BCUT2D eigenvalue weighted by Gasteiger charge is 3.00. The molecule has 0 saturated heterocycles. The van der Waals surface area contributed by atoms with Gasteiger partial charge >= 0.3 is 55.2 Å². The van der Waals surface area contributed by atoms with E-state index in [1.807, 2.05) is 0 Å². The molecule has 0 aromatic carbocycles. The van der Waals surface area contributed by atoms with Crippen molar-refractivity contribution in [3.8, 4) is 0 Å². The summed E-state index contributed by atoms with van der Waals surface area (Å²) in [7, 11) is -20.4. The lowest BCUT2D eigenvalue weighted by Gasteiger charge is -2.50. The Morgan fingerprint density at radius 2 is 0.875 bits per heavy atom. The maximum Gasteiger partial charge on any atom is 0.450 e. The molecule has 0 heterocycles. The Bertz CT molecular complexity index is 911. The second-order valence-electron chi connectivity index (χ2n) is 5.42. The Morgan fingerprint density at radius 1 is 0.594 bits per heavy atom. The molecule has 0 unspecified atom stereocenters. The van der Waals surface area contributed by atoms with Crippen molar-refractivity contribution in [2.75, 3.05) is 0 Å². The number of hydrogen-bond acceptors (Lipinski definition) is 2. The smallest absolute Gasteiger partial charge is 0.280 e. The van der Waals surface area contributed by atoms with Crippen LogP contribution in [0, 0.1) is 0 Å². The maximum absolute atomic E-state index is 13.4. The van der Waals surface area contributed by atoms with Crippen LogP contribution in [0.25, 0.3) is 0 Å². The first-order valence-corrected chi connectivity index (χ1v) is 9.48. The summed E-state index contributed by atoms with van der Waals surface area (Å²) in [6.45, 7) is 0. The molecular formula is C8HF19O3S2. The summed E-state index contributed by atoms with van der Waals surface area (Å²) in [6, 6.07) is 0. The molecule has 0 amide bonds. The molecule has 0 fully saturated rings. The van der Waals surface area contributed by atoms with E-state index < -0.39 is 66.2 Å². The second-order valence-corrected chi connectivity index (χ2v) is 9.18. The molecule has 0 saturated carbocycles. The Labute approximate surface area is 161 Å². The lowest BCUT2D eigenvalue weighted by atomic mass is 9.94. The van der Waals surface area contributed by atoms with Gasteiger partial charge in [0.05, 0.1) is 0 Å². The first kappa shape index (κ1) is 30.7. The Hall–Kier alpha value is -1.33. The van der Waals surface area contributed by atoms with Crippen molar-refractivity contribution in [1.29, 1.82) is 0 Å². The van der Waals surface area contributed by atoms with Gasteiger partial charge in [-0.2, -0.15) is 65.5 Å². The van der Waals surface area contributed by atoms with Crippen LogP contribution < -0.4 is 0 Å². The van der Waals surface area contributed by atoms with Gasteiger partial charge in [0, 0.05) is 0 Å². The average molecular weight is 570 g/mol. The van der Waals surface area contributed by atoms with Crippen molar-refractivity contribution in [3.63, 3.8) is 0 Å². The Morgan fingerprint density at radius 3 is 1.12 bits per heavy atom. The fourth-order valence-corrected chi connectivity index (χ4v) is 2.36. The van der Waals surface area contributed by atoms with Gasteiger partial charge in [-0.1, -0.05) is 19.4 Å². The van der Waals surface area contributed by atoms with E-state index in [0.717, 1.165) is 0 Å². The van der Waals surface area contributed by atoms with E-state index in [2.05, 4.69) is 0 Å². The molecule has 0 rings (SSSR count). The largest absolute Gasteiger partial charge is 0.450 e. The summed E-state index contributed by atoms with van der Waals surface area (Å²) in [5.41, 5.74) is 0. The molecule has 0 aromatic rings. The van der Waals surface area contributed by atoms with Crippen LogP contribution in [0.1, 0.15) is 0 Å². The standard InChI is InChI=1S/C8HF19O3S2/c9-1(2(10)31(28,29)30)3(11,12)4(13,14)5(15,16)6(17,18)7(19,20)8(21,22)32(23,24,25,26)27/h(H,28,29,30)/b2-1-. The number of alkyl halides is 12. The zero-order chi connectivity index (χ0) is 27.1. The molecule has 0 aliphatic carbocycles. The monoisotopic (exact) mass is 570 g/mol. The second kappa shape index (κ2) is 6.41. The molecule has 0 aromatic heterocycles. The van der Waals surface area contributed by atoms with Crippen molar-refractivity contribution in [2.24, 2.45) is 0 Å². The van der Waals surface area contributed by atoms with Gasteiger partial charge in [0.2, 0.25) is 5.83 Å². The normalized spacial score (nSPS) is 19.2. The van der Waals surface area contributed by atoms with E-state index >= 15 is 0 Å². The van der Waals surface area contributed by atoms with Crippen LogP contribution in [-0.4, -0.2) is 47.8 Å². The third kappa shape index (κ3) is 3.94. The third-order valence-electron chi connectivity index (χ3n) is 3.10. The van der Waals surface area contributed by atoms with Crippen LogP contribution in [0.15, 0.2) is 11.0 Å². The van der Waals surface area contributed by atoms with Crippen LogP contribution in [0.3, 0.4) is 0 Å². The average Bonchev–Trinajstić information content (AvgIpc) is 2.48. The summed E-state index contributed by atoms with van der Waals surface area (Å²) >= 11 is 0. The van der Waals surface area contributed by atoms with Gasteiger partial charge in [0.1, 0.15) is 0 Å². The minimum Gasteiger partial charge on any atom is -0.280 e. The highest BCUT2D eigenvalue weighted by Crippen LogP contribution is 3.06. The maximum atomic E-state index is 13.1. The fourth-order valence-electron chi connectivity index (χ4n) is 1.39. The van der Waals surface area contributed by atoms with Gasteiger partial charge < -0.3 is 0 Å². The van der Waals surface area contributed by atoms with Crippen molar-refractivity contribution >= 4 is 20.3 Å². The number of halogens is 19. The van der Waals surface area contributed by atoms with E-state index in [4.69, 9.17) is 4.55 Å². The highest BCUT2D eigenvalue weighted by atomic mass is 32.5. The van der Waals surface area contributed by atoms with Crippen LogP contribution >= 0.6 is 10.2 Å². The minimum absolute atomic E-state index is 4.55. The van der Waals surface area contributed by atoms with E-state index in [-0.39, 0.29) is 0 Å². The summed E-state index contributed by atoms with van der Waals surface area (Å²) in [6.07, 6.45) is 0. The molecule has 1 N–H and O–H groups in total. The quantitative estimate of drug-likeness (QED) is 0.252. The zero-order valence-electron chi connectivity index (χ0n) is 13.3. The van der Waals surface area contributed by atoms with Gasteiger partial charge in [-0.15, -0.1) is 0 Å². The highest BCUT2D eigenvalue weighted by molar-refractivity contribution is 8.46. The van der Waals surface area contributed by atoms with Crippen molar-refractivity contribution < 1.29 is 93.9 Å². The summed E-state index contributed by atoms with van der Waals surface area (Å²) in [5.74, 6) is -49.8. The molecule has 0 spiro atoms. The van der Waals surface area contributed by atoms with E-state index in [1.54, 1.807) is 0 Å². The molecule has 24 heteroatoms. The predicted octanol–water partition coefficient (Wildman–Crippen LogP) is 7.05. The predicted molar refractivity (Wildman–Crippen MR) is 63.6 cm³/mol. The topological polar surface area (TPSA) is 54.4 Å². The van der Waals surface area contributed by atoms with E-state index in [9.17, 15) is 89.3 Å². The van der Waals surface area contributed by atoms with Crippen LogP contribution in [-0.2, 0) is 10.1 Å². The van der Waals surface area contributed by atoms with Crippen molar-refractivity contribution in [1.82, 2.24) is 0 Å². The Balaban J connectivity index is 7.17. The molecule has 0 atom stereocenters. The van der Waals surface area contributed by atoms with Crippen molar-refractivity contribution in [3.05, 3.63) is 11.0 Å². The lowest BCUT2D eigenvalue weighted by Crippen LogP contribution is -2.72. The summed E-state index contributed by atoms with van der Waals surface area (Å²) in [4.78, 5) is 0. The molecular weight excluding hydrogens is 569 g/mol. The van der Waals surface area contributed by atoms with E-state index in [1.165, 1.54) is 0 Å². The number of rotatable bonds is 8. The van der Waals surface area contributed by atoms with Gasteiger partial charge in [0.25, 0.3) is 5.16 Å².